The Morgan fingerprint density at radius 1 is 1.36 bits per heavy atom. The quantitative estimate of drug-likeness (QED) is 0.797. The van der Waals surface area contributed by atoms with Crippen LogP contribution in [0, 0.1) is 0 Å². The van der Waals surface area contributed by atoms with Crippen molar-refractivity contribution in [3.05, 3.63) is 22.6 Å². The number of phenols is 1. The average molecular weight is 321 g/mol. The predicted octanol–water partition coefficient (Wildman–Crippen LogP) is 1.92. The molecule has 1 aromatic heterocycles. The first-order chi connectivity index (χ1) is 10.5. The Balaban J connectivity index is 2.13. The number of amides is 1. The van der Waals surface area contributed by atoms with Crippen molar-refractivity contribution in [2.24, 2.45) is 0 Å². The van der Waals surface area contributed by atoms with E-state index in [-0.39, 0.29) is 24.0 Å². The van der Waals surface area contributed by atoms with Gasteiger partial charge in [0, 0.05) is 12.3 Å². The summed E-state index contributed by atoms with van der Waals surface area (Å²) in [6.07, 6.45) is 0.270. The zero-order valence-electron chi connectivity index (χ0n) is 12.0. The Morgan fingerprint density at radius 3 is 2.59 bits per heavy atom. The largest absolute Gasteiger partial charge is 0.502 e. The number of carbonyl (C=O) groups excluding carboxylic acids is 1. The molecule has 1 amide bonds. The smallest absolute Gasteiger partial charge is 0.226 e. The van der Waals surface area contributed by atoms with E-state index in [1.165, 1.54) is 25.6 Å². The van der Waals surface area contributed by atoms with Gasteiger partial charge in [0.1, 0.15) is 5.82 Å². The van der Waals surface area contributed by atoms with Crippen LogP contribution < -0.4 is 20.5 Å². The summed E-state index contributed by atoms with van der Waals surface area (Å²) < 4.78 is 10.3. The molecule has 2 heterocycles. The minimum absolute atomic E-state index is 0.0712. The summed E-state index contributed by atoms with van der Waals surface area (Å²) in [6, 6.07) is 3.39. The molecule has 7 nitrogen and oxygen atoms in total. The third-order valence-electron chi connectivity index (χ3n) is 3.54. The molecule has 8 heteroatoms. The number of rotatable bonds is 3. The number of aromatic hydroxyl groups is 1. The molecule has 1 atom stereocenters. The highest BCUT2D eigenvalue weighted by atomic mass is 32.1. The topological polar surface area (TPSA) is 107 Å². The monoisotopic (exact) mass is 321 g/mol. The molecule has 0 radical (unpaired) electrons. The van der Waals surface area contributed by atoms with E-state index in [4.69, 9.17) is 15.2 Å². The first-order valence-electron chi connectivity index (χ1n) is 6.54. The molecule has 116 valence electrons. The zero-order chi connectivity index (χ0) is 15.9. The Labute approximate surface area is 130 Å². The van der Waals surface area contributed by atoms with E-state index >= 15 is 0 Å². The molecule has 4 N–H and O–H groups in total. The van der Waals surface area contributed by atoms with Crippen molar-refractivity contribution in [2.75, 3.05) is 25.3 Å². The fourth-order valence-electron chi connectivity index (χ4n) is 2.52. The normalized spacial score (nSPS) is 16.8. The number of aromatic nitrogens is 1. The van der Waals surface area contributed by atoms with Crippen molar-refractivity contribution >= 4 is 28.2 Å². The minimum atomic E-state index is -0.207. The Kier molecular flexibility index (Phi) is 3.53. The molecule has 22 heavy (non-hydrogen) atoms. The average Bonchev–Trinajstić information content (AvgIpc) is 2.86. The van der Waals surface area contributed by atoms with Gasteiger partial charge in [-0.25, -0.2) is 4.98 Å². The van der Waals surface area contributed by atoms with E-state index in [1.807, 2.05) is 0 Å². The van der Waals surface area contributed by atoms with Gasteiger partial charge in [0.15, 0.2) is 16.6 Å². The fourth-order valence-corrected chi connectivity index (χ4v) is 3.44. The van der Waals surface area contributed by atoms with Gasteiger partial charge in [-0.1, -0.05) is 11.3 Å². The van der Waals surface area contributed by atoms with Crippen LogP contribution >= 0.6 is 11.3 Å². The summed E-state index contributed by atoms with van der Waals surface area (Å²) in [5, 5.41) is 13.1. The van der Waals surface area contributed by atoms with Crippen LogP contribution in [0.4, 0.5) is 10.9 Å². The number of carbonyl (C=O) groups is 1. The maximum Gasteiger partial charge on any atom is 0.226 e. The van der Waals surface area contributed by atoms with Crippen LogP contribution in [-0.2, 0) is 4.79 Å². The van der Waals surface area contributed by atoms with Crippen LogP contribution in [0.3, 0.4) is 0 Å². The van der Waals surface area contributed by atoms with Gasteiger partial charge in [-0.15, -0.1) is 0 Å². The number of nitrogens with two attached hydrogens (primary N) is 1. The van der Waals surface area contributed by atoms with Crippen LogP contribution in [0.25, 0.3) is 0 Å². The lowest BCUT2D eigenvalue weighted by Gasteiger charge is -2.22. The van der Waals surface area contributed by atoms with Gasteiger partial charge in [0.2, 0.25) is 11.7 Å². The minimum Gasteiger partial charge on any atom is -0.502 e. The number of hydrogen-bond donors (Lipinski definition) is 3. The predicted molar refractivity (Wildman–Crippen MR) is 82.8 cm³/mol. The lowest BCUT2D eigenvalue weighted by atomic mass is 9.91. The van der Waals surface area contributed by atoms with Crippen LogP contribution in [0.1, 0.15) is 22.8 Å². The second kappa shape index (κ2) is 5.38. The number of nitrogen functional groups attached to an aromatic ring is 1. The number of benzene rings is 1. The summed E-state index contributed by atoms with van der Waals surface area (Å²) in [6.45, 7) is 0. The van der Waals surface area contributed by atoms with Crippen LogP contribution in [0.2, 0.25) is 0 Å². The summed E-state index contributed by atoms with van der Waals surface area (Å²) >= 11 is 1.33. The van der Waals surface area contributed by atoms with Gasteiger partial charge < -0.3 is 25.6 Å². The maximum atomic E-state index is 11.9. The molecule has 2 aromatic rings. The van der Waals surface area contributed by atoms with E-state index in [0.29, 0.717) is 22.4 Å². The summed E-state index contributed by atoms with van der Waals surface area (Å²) in [4.78, 5) is 16.9. The molecule has 3 rings (SSSR count). The number of nitrogens with one attached hydrogen (secondary N) is 1. The molecule has 0 saturated carbocycles. The molecular weight excluding hydrogens is 306 g/mol. The highest BCUT2D eigenvalue weighted by Gasteiger charge is 2.31. The highest BCUT2D eigenvalue weighted by Crippen LogP contribution is 2.46. The molecule has 0 saturated heterocycles. The lowest BCUT2D eigenvalue weighted by Crippen LogP contribution is -2.22. The van der Waals surface area contributed by atoms with Crippen molar-refractivity contribution < 1.29 is 19.4 Å². The molecule has 0 fully saturated rings. The van der Waals surface area contributed by atoms with Crippen LogP contribution in [-0.4, -0.2) is 30.2 Å². The molecule has 1 aliphatic heterocycles. The van der Waals surface area contributed by atoms with Crippen LogP contribution in [0.5, 0.6) is 17.2 Å². The van der Waals surface area contributed by atoms with Crippen molar-refractivity contribution in [2.45, 2.75) is 12.3 Å². The number of ether oxygens (including phenoxy) is 2. The molecule has 0 unspecified atom stereocenters. The maximum absolute atomic E-state index is 11.9. The number of hydrogen-bond acceptors (Lipinski definition) is 7. The van der Waals surface area contributed by atoms with Crippen LogP contribution in [0.15, 0.2) is 12.1 Å². The number of nitrogens with zero attached hydrogens (tertiary/aromatic N) is 1. The van der Waals surface area contributed by atoms with E-state index in [2.05, 4.69) is 10.3 Å². The first-order valence-corrected chi connectivity index (χ1v) is 7.36. The van der Waals surface area contributed by atoms with E-state index < -0.39 is 0 Å². The van der Waals surface area contributed by atoms with Gasteiger partial charge in [-0.05, 0) is 17.7 Å². The summed E-state index contributed by atoms with van der Waals surface area (Å²) in [5.41, 5.74) is 6.54. The number of fused-ring (bicyclic) bond motifs is 1. The van der Waals surface area contributed by atoms with Gasteiger partial charge in [-0.2, -0.15) is 0 Å². The zero-order valence-corrected chi connectivity index (χ0v) is 12.9. The van der Waals surface area contributed by atoms with E-state index in [1.54, 1.807) is 12.1 Å². The van der Waals surface area contributed by atoms with Gasteiger partial charge in [-0.3, -0.25) is 4.79 Å². The summed E-state index contributed by atoms with van der Waals surface area (Å²) in [5.74, 6) is 0.669. The molecule has 1 aromatic carbocycles. The SMILES string of the molecule is COc1cc([C@H]2CC(=O)Nc3nc(N)sc32)cc(OC)c1O. The lowest BCUT2D eigenvalue weighted by molar-refractivity contribution is -0.116. The Bertz CT molecular complexity index is 719. The van der Waals surface area contributed by atoms with Crippen molar-refractivity contribution in [3.63, 3.8) is 0 Å². The Hall–Kier alpha value is -2.48. The number of methoxy groups -OCH3 is 2. The summed E-state index contributed by atoms with van der Waals surface area (Å²) in [7, 11) is 2.92. The standard InChI is InChI=1S/C14H15N3O4S/c1-20-8-3-6(4-9(21-2)11(8)19)7-5-10(18)16-13-12(7)22-14(15)17-13/h3-4,7,19H,5H2,1-2H3,(H2,15,17)(H,16,18)/t7-/m1/s1. The Morgan fingerprint density at radius 2 is 2.00 bits per heavy atom. The van der Waals surface area contributed by atoms with E-state index in [9.17, 15) is 9.90 Å². The molecule has 0 bridgehead atoms. The van der Waals surface area contributed by atoms with Crippen molar-refractivity contribution in [1.82, 2.24) is 4.98 Å². The third-order valence-corrected chi connectivity index (χ3v) is 4.54. The second-order valence-electron chi connectivity index (χ2n) is 4.84. The van der Waals surface area contributed by atoms with E-state index in [0.717, 1.165) is 10.4 Å². The first kappa shape index (κ1) is 14.5. The molecule has 0 spiro atoms. The van der Waals surface area contributed by atoms with Crippen molar-refractivity contribution in [1.29, 1.82) is 0 Å². The van der Waals surface area contributed by atoms with Gasteiger partial charge in [0.25, 0.3) is 0 Å². The highest BCUT2D eigenvalue weighted by molar-refractivity contribution is 7.16. The molecule has 1 aliphatic rings. The molecule has 0 aliphatic carbocycles. The number of anilines is 2. The second-order valence-corrected chi connectivity index (χ2v) is 5.91. The number of thiazole rings is 1. The van der Waals surface area contributed by atoms with Crippen molar-refractivity contribution in [3.8, 4) is 17.2 Å². The number of phenolic OH excluding ortho intramolecular Hbond substituents is 1. The third kappa shape index (κ3) is 2.31. The fraction of sp³-hybridized carbons (Fsp3) is 0.286. The van der Waals surface area contributed by atoms with Gasteiger partial charge >= 0.3 is 0 Å². The molecular formula is C14H15N3O4S. The van der Waals surface area contributed by atoms with Gasteiger partial charge in [0.05, 0.1) is 19.1 Å².